The van der Waals surface area contributed by atoms with Crippen molar-refractivity contribution < 1.29 is 4.74 Å². The molecule has 0 aliphatic carbocycles. The lowest BCUT2D eigenvalue weighted by molar-refractivity contribution is 0.317. The Morgan fingerprint density at radius 3 is 2.84 bits per heavy atom. The average molecular weight is 317 g/mol. The van der Waals surface area contributed by atoms with Crippen molar-refractivity contribution in [1.29, 1.82) is 0 Å². The quantitative estimate of drug-likeness (QED) is 0.827. The molecular weight excluding hydrogens is 303 g/mol. The molecule has 0 unspecified atom stereocenters. The van der Waals surface area contributed by atoms with E-state index in [1.807, 2.05) is 18.2 Å². The van der Waals surface area contributed by atoms with Crippen LogP contribution in [0.25, 0.3) is 0 Å². The first-order valence-corrected chi connectivity index (χ1v) is 7.52. The fourth-order valence-corrected chi connectivity index (χ4v) is 2.62. The van der Waals surface area contributed by atoms with E-state index in [2.05, 4.69) is 17.2 Å². The summed E-state index contributed by atoms with van der Waals surface area (Å²) in [5.41, 5.74) is 0.931. The van der Waals surface area contributed by atoms with E-state index in [4.69, 9.17) is 27.9 Å². The van der Waals surface area contributed by atoms with Crippen molar-refractivity contribution in [1.82, 2.24) is 4.98 Å². The van der Waals surface area contributed by atoms with E-state index in [1.165, 1.54) is 11.3 Å². The van der Waals surface area contributed by atoms with Crippen molar-refractivity contribution in [2.24, 2.45) is 0 Å². The maximum absolute atomic E-state index is 6.15. The van der Waals surface area contributed by atoms with Gasteiger partial charge < -0.3 is 10.1 Å². The number of anilines is 1. The van der Waals surface area contributed by atoms with Crippen molar-refractivity contribution in [3.8, 4) is 5.75 Å². The molecule has 0 bridgehead atoms. The smallest absolute Gasteiger partial charge is 0.138 e. The summed E-state index contributed by atoms with van der Waals surface area (Å²) in [6.45, 7) is 3.36. The van der Waals surface area contributed by atoms with Crippen LogP contribution >= 0.6 is 34.5 Å². The molecule has 0 atom stereocenters. The van der Waals surface area contributed by atoms with Gasteiger partial charge in [0.2, 0.25) is 0 Å². The first-order valence-electron chi connectivity index (χ1n) is 5.95. The molecule has 0 saturated heterocycles. The lowest BCUT2D eigenvalue weighted by atomic mass is 10.3. The minimum Gasteiger partial charge on any atom is -0.492 e. The molecule has 2 rings (SSSR count). The van der Waals surface area contributed by atoms with Crippen molar-refractivity contribution in [3.63, 3.8) is 0 Å². The highest BCUT2D eigenvalue weighted by atomic mass is 35.5. The first-order chi connectivity index (χ1) is 9.19. The van der Waals surface area contributed by atoms with Crippen molar-refractivity contribution in [3.05, 3.63) is 38.8 Å². The zero-order valence-corrected chi connectivity index (χ0v) is 12.8. The number of aromatic nitrogens is 1. The fourth-order valence-electron chi connectivity index (χ4n) is 1.49. The molecule has 1 N–H and O–H groups in total. The van der Waals surface area contributed by atoms with Crippen LogP contribution in [0.5, 0.6) is 5.75 Å². The van der Waals surface area contributed by atoms with Gasteiger partial charge >= 0.3 is 0 Å². The molecule has 1 aromatic carbocycles. The van der Waals surface area contributed by atoms with Gasteiger partial charge in [0.1, 0.15) is 15.1 Å². The van der Waals surface area contributed by atoms with Crippen molar-refractivity contribution in [2.45, 2.75) is 19.9 Å². The van der Waals surface area contributed by atoms with Crippen LogP contribution in [-0.2, 0) is 6.54 Å². The van der Waals surface area contributed by atoms with E-state index < -0.39 is 0 Å². The zero-order valence-electron chi connectivity index (χ0n) is 10.5. The van der Waals surface area contributed by atoms with Gasteiger partial charge in [-0.25, -0.2) is 4.98 Å². The van der Waals surface area contributed by atoms with Gasteiger partial charge in [0.15, 0.2) is 0 Å². The molecule has 0 aliphatic rings. The van der Waals surface area contributed by atoms with Crippen LogP contribution in [0.3, 0.4) is 0 Å². The molecule has 102 valence electrons. The largest absolute Gasteiger partial charge is 0.492 e. The van der Waals surface area contributed by atoms with E-state index in [9.17, 15) is 0 Å². The molecule has 0 fully saturated rings. The minimum absolute atomic E-state index is 0.607. The molecule has 0 aliphatic heterocycles. The molecule has 1 aromatic heterocycles. The summed E-state index contributed by atoms with van der Waals surface area (Å²) in [4.78, 5) is 4.18. The summed E-state index contributed by atoms with van der Waals surface area (Å²) < 4.78 is 6.21. The maximum atomic E-state index is 6.15. The predicted molar refractivity (Wildman–Crippen MR) is 81.7 cm³/mol. The summed E-state index contributed by atoms with van der Waals surface area (Å²) in [5.74, 6) is 0.714. The Morgan fingerprint density at radius 1 is 1.37 bits per heavy atom. The monoisotopic (exact) mass is 316 g/mol. The Balaban J connectivity index is 1.95. The van der Waals surface area contributed by atoms with Gasteiger partial charge in [-0.3, -0.25) is 0 Å². The number of nitrogens with one attached hydrogen (secondary N) is 1. The molecule has 19 heavy (non-hydrogen) atoms. The molecular formula is C13H14Cl2N2OS. The van der Waals surface area contributed by atoms with E-state index in [0.29, 0.717) is 28.3 Å². The summed E-state index contributed by atoms with van der Waals surface area (Å²) in [6.07, 6.45) is 2.61. The molecule has 3 nitrogen and oxygen atoms in total. The standard InChI is InChI=1S/C13H14Cl2N2OS/c1-2-5-18-11-4-3-9(6-10(11)14)16-8-13-17-7-12(15)19-13/h3-4,6-7,16H,2,5,8H2,1H3. The van der Waals surface area contributed by atoms with E-state index in [0.717, 1.165) is 17.1 Å². The number of nitrogens with zero attached hydrogens (tertiary/aromatic N) is 1. The van der Waals surface area contributed by atoms with Crippen LogP contribution in [0.4, 0.5) is 5.69 Å². The summed E-state index contributed by atoms with van der Waals surface area (Å²) in [7, 11) is 0. The van der Waals surface area contributed by atoms with Gasteiger partial charge in [-0.1, -0.05) is 30.1 Å². The second-order valence-electron chi connectivity index (χ2n) is 3.91. The average Bonchev–Trinajstić information content (AvgIpc) is 2.81. The van der Waals surface area contributed by atoms with Crippen LogP contribution in [0.2, 0.25) is 9.36 Å². The van der Waals surface area contributed by atoms with Crippen LogP contribution in [-0.4, -0.2) is 11.6 Å². The number of thiazole rings is 1. The van der Waals surface area contributed by atoms with Gasteiger partial charge in [-0.05, 0) is 24.6 Å². The highest BCUT2D eigenvalue weighted by Crippen LogP contribution is 2.28. The molecule has 1 heterocycles. The molecule has 0 radical (unpaired) electrons. The third kappa shape index (κ3) is 4.27. The minimum atomic E-state index is 0.607. The highest BCUT2D eigenvalue weighted by molar-refractivity contribution is 7.15. The number of hydrogen-bond acceptors (Lipinski definition) is 4. The predicted octanol–water partition coefficient (Wildman–Crippen LogP) is 4.85. The number of hydrogen-bond donors (Lipinski definition) is 1. The third-order valence-corrected chi connectivity index (χ3v) is 3.77. The van der Waals surface area contributed by atoms with Crippen LogP contribution in [0, 0.1) is 0 Å². The van der Waals surface area contributed by atoms with Gasteiger partial charge in [0, 0.05) is 5.69 Å². The fraction of sp³-hybridized carbons (Fsp3) is 0.308. The topological polar surface area (TPSA) is 34.1 Å². The summed E-state index contributed by atoms with van der Waals surface area (Å²) in [6, 6.07) is 5.66. The Bertz CT molecular complexity index is 545. The number of rotatable bonds is 6. The summed E-state index contributed by atoms with van der Waals surface area (Å²) in [5, 5.41) is 4.79. The van der Waals surface area contributed by atoms with Crippen molar-refractivity contribution in [2.75, 3.05) is 11.9 Å². The van der Waals surface area contributed by atoms with Crippen LogP contribution in [0.1, 0.15) is 18.4 Å². The first kappa shape index (κ1) is 14.4. The number of halogens is 2. The number of benzene rings is 1. The second kappa shape index (κ2) is 6.98. The van der Waals surface area contributed by atoms with Crippen LogP contribution < -0.4 is 10.1 Å². The molecule has 6 heteroatoms. The van der Waals surface area contributed by atoms with Gasteiger partial charge in [-0.15, -0.1) is 11.3 Å². The third-order valence-electron chi connectivity index (χ3n) is 2.36. The Labute approximate surface area is 126 Å². The zero-order chi connectivity index (χ0) is 13.7. The Hall–Kier alpha value is -0.970. The molecule has 0 spiro atoms. The lowest BCUT2D eigenvalue weighted by Crippen LogP contribution is -2.00. The van der Waals surface area contributed by atoms with Crippen LogP contribution in [0.15, 0.2) is 24.4 Å². The molecule has 0 amide bonds. The van der Waals surface area contributed by atoms with Crippen molar-refractivity contribution >= 4 is 40.2 Å². The van der Waals surface area contributed by atoms with Gasteiger partial charge in [0.05, 0.1) is 24.4 Å². The molecule has 0 saturated carbocycles. The van der Waals surface area contributed by atoms with E-state index >= 15 is 0 Å². The highest BCUT2D eigenvalue weighted by Gasteiger charge is 2.04. The molecule has 2 aromatic rings. The normalized spacial score (nSPS) is 10.5. The van der Waals surface area contributed by atoms with Gasteiger partial charge in [0.25, 0.3) is 0 Å². The Morgan fingerprint density at radius 2 is 2.21 bits per heavy atom. The Kier molecular flexibility index (Phi) is 5.31. The van der Waals surface area contributed by atoms with E-state index in [-0.39, 0.29) is 0 Å². The van der Waals surface area contributed by atoms with Gasteiger partial charge in [-0.2, -0.15) is 0 Å². The second-order valence-corrected chi connectivity index (χ2v) is 6.06. The maximum Gasteiger partial charge on any atom is 0.138 e. The lowest BCUT2D eigenvalue weighted by Gasteiger charge is -2.09. The SMILES string of the molecule is CCCOc1ccc(NCc2ncc(Cl)s2)cc1Cl. The number of ether oxygens (including phenoxy) is 1. The van der Waals surface area contributed by atoms with E-state index in [1.54, 1.807) is 6.20 Å². The summed E-state index contributed by atoms with van der Waals surface area (Å²) >= 11 is 13.4.